The van der Waals surface area contributed by atoms with E-state index < -0.39 is 11.9 Å². The van der Waals surface area contributed by atoms with Gasteiger partial charge < -0.3 is 10.4 Å². The number of carbonyl (C=O) groups excluding carboxylic acids is 1. The van der Waals surface area contributed by atoms with E-state index in [1.54, 1.807) is 0 Å². The molecule has 26 heavy (non-hydrogen) atoms. The fourth-order valence-electron chi connectivity index (χ4n) is 2.69. The minimum absolute atomic E-state index is 0.0179. The van der Waals surface area contributed by atoms with Crippen molar-refractivity contribution in [2.45, 2.75) is 25.3 Å². The molecule has 2 N–H and O–H groups in total. The molecule has 0 spiro atoms. The third-order valence-corrected chi connectivity index (χ3v) is 4.52. The predicted molar refractivity (Wildman–Crippen MR) is 104 cm³/mol. The van der Waals surface area contributed by atoms with E-state index >= 15 is 0 Å². The molecule has 0 radical (unpaired) electrons. The maximum Gasteiger partial charge on any atom is 0.328 e. The van der Waals surface area contributed by atoms with E-state index in [9.17, 15) is 9.59 Å². The van der Waals surface area contributed by atoms with Crippen LogP contribution in [-0.2, 0) is 16.0 Å². The highest BCUT2D eigenvalue weighted by atomic mass is 35.5. The Kier molecular flexibility index (Phi) is 7.25. The van der Waals surface area contributed by atoms with E-state index in [0.717, 1.165) is 23.3 Å². The topological polar surface area (TPSA) is 66.4 Å². The van der Waals surface area contributed by atoms with Crippen LogP contribution in [0.4, 0.5) is 0 Å². The van der Waals surface area contributed by atoms with Gasteiger partial charge in [-0.25, -0.2) is 4.79 Å². The molecule has 2 aromatic carbocycles. The smallest absolute Gasteiger partial charge is 0.328 e. The van der Waals surface area contributed by atoms with Gasteiger partial charge in [-0.05, 0) is 48.7 Å². The molecule has 2 atom stereocenters. The Morgan fingerprint density at radius 3 is 2.08 bits per heavy atom. The van der Waals surface area contributed by atoms with E-state index in [1.165, 1.54) is 0 Å². The van der Waals surface area contributed by atoms with Crippen LogP contribution in [0.1, 0.15) is 24.0 Å². The van der Waals surface area contributed by atoms with Gasteiger partial charge in [0, 0.05) is 34.2 Å². The number of carbonyl (C=O) groups is 2. The van der Waals surface area contributed by atoms with Gasteiger partial charge in [0.15, 0.2) is 0 Å². The number of halogens is 2. The summed E-state index contributed by atoms with van der Waals surface area (Å²) in [5, 5.41) is 12.8. The maximum atomic E-state index is 11.9. The van der Waals surface area contributed by atoms with Crippen LogP contribution >= 0.6 is 23.2 Å². The van der Waals surface area contributed by atoms with Crippen LogP contribution in [0, 0.1) is 0 Å². The van der Waals surface area contributed by atoms with Gasteiger partial charge in [0.1, 0.15) is 0 Å². The van der Waals surface area contributed by atoms with Gasteiger partial charge in [0.25, 0.3) is 0 Å². The van der Waals surface area contributed by atoms with E-state index in [1.807, 2.05) is 55.5 Å². The predicted octanol–water partition coefficient (Wildman–Crippen LogP) is 4.47. The molecule has 0 aliphatic heterocycles. The molecule has 6 heteroatoms. The summed E-state index contributed by atoms with van der Waals surface area (Å²) >= 11 is 11.9. The minimum atomic E-state index is -1.16. The molecule has 0 fully saturated rings. The van der Waals surface area contributed by atoms with Crippen molar-refractivity contribution in [3.05, 3.63) is 81.9 Å². The number of hydrogen-bond acceptors (Lipinski definition) is 2. The lowest BCUT2D eigenvalue weighted by Gasteiger charge is -2.25. The molecule has 0 saturated carbocycles. The number of aliphatic carboxylic acids is 1. The number of carboxylic acids is 1. The van der Waals surface area contributed by atoms with Crippen LogP contribution in [0.2, 0.25) is 10.0 Å². The van der Waals surface area contributed by atoms with Gasteiger partial charge in [-0.2, -0.15) is 0 Å². The number of nitrogens with one attached hydrogen (secondary N) is 1. The van der Waals surface area contributed by atoms with Crippen molar-refractivity contribution >= 4 is 35.1 Å². The van der Waals surface area contributed by atoms with Crippen LogP contribution in [0.25, 0.3) is 0 Å². The fourth-order valence-corrected chi connectivity index (χ4v) is 2.94. The summed E-state index contributed by atoms with van der Waals surface area (Å²) in [7, 11) is 0. The van der Waals surface area contributed by atoms with Gasteiger partial charge in [-0.1, -0.05) is 47.5 Å². The Morgan fingerprint density at radius 2 is 1.54 bits per heavy atom. The molecule has 2 rings (SSSR count). The summed E-state index contributed by atoms with van der Waals surface area (Å²) in [5.41, 5.74) is 2.11. The van der Waals surface area contributed by atoms with Gasteiger partial charge in [0.2, 0.25) is 5.91 Å². The molecular weight excluding hydrogens is 373 g/mol. The van der Waals surface area contributed by atoms with Crippen LogP contribution in [0.5, 0.6) is 0 Å². The van der Waals surface area contributed by atoms with Gasteiger partial charge >= 0.3 is 5.97 Å². The molecule has 0 aromatic heterocycles. The Balaban J connectivity index is 2.21. The molecule has 0 unspecified atom stereocenters. The van der Waals surface area contributed by atoms with E-state index in [0.29, 0.717) is 16.5 Å². The molecule has 136 valence electrons. The Bertz CT molecular complexity index is 786. The molecule has 0 aliphatic carbocycles. The zero-order chi connectivity index (χ0) is 19.1. The number of amides is 1. The number of rotatable bonds is 7. The first-order valence-corrected chi connectivity index (χ1v) is 8.82. The third kappa shape index (κ3) is 6.21. The third-order valence-electron chi connectivity index (χ3n) is 4.02. The summed E-state index contributed by atoms with van der Waals surface area (Å²) in [4.78, 5) is 22.5. The van der Waals surface area contributed by atoms with Crippen molar-refractivity contribution in [2.75, 3.05) is 0 Å². The summed E-state index contributed by atoms with van der Waals surface area (Å²) < 4.78 is 0. The van der Waals surface area contributed by atoms with Gasteiger partial charge in [-0.15, -0.1) is 0 Å². The van der Waals surface area contributed by atoms with E-state index in [2.05, 4.69) is 5.32 Å². The minimum Gasteiger partial charge on any atom is -0.478 e. The van der Waals surface area contributed by atoms with E-state index in [4.69, 9.17) is 28.3 Å². The second-order valence-corrected chi connectivity index (χ2v) is 6.83. The number of hydrogen-bond donors (Lipinski definition) is 2. The number of carboxylic acid groups (broad SMARTS) is 1. The quantitative estimate of drug-likeness (QED) is 0.684. The highest BCUT2D eigenvalue weighted by molar-refractivity contribution is 6.30. The maximum absolute atomic E-state index is 11.9. The largest absolute Gasteiger partial charge is 0.478 e. The van der Waals surface area contributed by atoms with Crippen molar-refractivity contribution in [2.24, 2.45) is 0 Å². The molecule has 0 heterocycles. The molecular formula is C20H19Cl2NO3. The molecule has 0 saturated heterocycles. The Morgan fingerprint density at radius 1 is 1.00 bits per heavy atom. The first-order chi connectivity index (χ1) is 12.3. The lowest BCUT2D eigenvalue weighted by atomic mass is 9.86. The lowest BCUT2D eigenvalue weighted by molar-refractivity contribution is -0.131. The monoisotopic (exact) mass is 391 g/mol. The lowest BCUT2D eigenvalue weighted by Crippen LogP contribution is -2.37. The normalized spacial score (nSPS) is 13.3. The molecule has 4 nitrogen and oxygen atoms in total. The average molecular weight is 392 g/mol. The highest BCUT2D eigenvalue weighted by Gasteiger charge is 2.21. The summed E-state index contributed by atoms with van der Waals surface area (Å²) in [5.74, 6) is -1.63. The molecule has 1 amide bonds. The second-order valence-electron chi connectivity index (χ2n) is 5.96. The molecule has 0 bridgehead atoms. The van der Waals surface area contributed by atoms with E-state index in [-0.39, 0.29) is 12.0 Å². The Labute approximate surface area is 162 Å². The fraction of sp³-hybridized carbons (Fsp3) is 0.200. The average Bonchev–Trinajstić information content (AvgIpc) is 2.60. The molecule has 0 aliphatic rings. The van der Waals surface area contributed by atoms with Gasteiger partial charge in [0.05, 0.1) is 0 Å². The first-order valence-electron chi connectivity index (χ1n) is 8.06. The second kappa shape index (κ2) is 9.41. The van der Waals surface area contributed by atoms with Gasteiger partial charge in [-0.3, -0.25) is 4.79 Å². The SMILES string of the molecule is C[C@@H](NC(=O)/C=C/C(=O)O)[C@@H](Cc1ccc(Cl)cc1)c1ccc(Cl)cc1. The zero-order valence-corrected chi connectivity index (χ0v) is 15.7. The van der Waals surface area contributed by atoms with Crippen LogP contribution in [0.3, 0.4) is 0 Å². The summed E-state index contributed by atoms with van der Waals surface area (Å²) in [6.45, 7) is 1.89. The van der Waals surface area contributed by atoms with Crippen molar-refractivity contribution in [3.63, 3.8) is 0 Å². The van der Waals surface area contributed by atoms with Crippen molar-refractivity contribution in [1.82, 2.24) is 5.32 Å². The van der Waals surface area contributed by atoms with Crippen LogP contribution < -0.4 is 5.32 Å². The van der Waals surface area contributed by atoms with Crippen LogP contribution in [0.15, 0.2) is 60.7 Å². The molecule has 2 aromatic rings. The highest BCUT2D eigenvalue weighted by Crippen LogP contribution is 2.26. The zero-order valence-electron chi connectivity index (χ0n) is 14.2. The Hall–Kier alpha value is -2.30. The van der Waals surface area contributed by atoms with Crippen molar-refractivity contribution in [1.29, 1.82) is 0 Å². The summed E-state index contributed by atoms with van der Waals surface area (Å²) in [6, 6.07) is 14.8. The first kappa shape index (κ1) is 20.0. The summed E-state index contributed by atoms with van der Waals surface area (Å²) in [6.07, 6.45) is 2.52. The van der Waals surface area contributed by atoms with Crippen molar-refractivity contribution < 1.29 is 14.7 Å². The van der Waals surface area contributed by atoms with Crippen molar-refractivity contribution in [3.8, 4) is 0 Å². The standard InChI is InChI=1S/C20H19Cl2NO3/c1-13(23-19(24)10-11-20(25)26)18(15-4-8-17(22)9-5-15)12-14-2-6-16(21)7-3-14/h2-11,13,18H,12H2,1H3,(H,23,24)(H,25,26)/b11-10+/t13-,18-/m1/s1. The number of benzene rings is 2. The van der Waals surface area contributed by atoms with Crippen LogP contribution in [-0.4, -0.2) is 23.0 Å².